The van der Waals surface area contributed by atoms with Crippen LogP contribution in [0.5, 0.6) is 0 Å². The standard InChI is InChI=1S/C29H42N2O10/c1-15(11-19-25(34)20(30)14-21(32)27(19)40-7)12-23(39-6)24(33)17(3)13-18(4)26(41-29(31)37)22(38-5)10-8-9-16(2)28(35)36/h8-10,13-15,17,22-24,26,33H,11-12,30H2,1-7H3,(H2,31,37)(H,35,36)/b10-8-,16-9+,18-13+/t15-,17-,22+,23+,24-,26+/m1/s1. The van der Waals surface area contributed by atoms with Gasteiger partial charge in [-0.3, -0.25) is 9.59 Å². The molecule has 41 heavy (non-hydrogen) atoms. The molecule has 6 atom stereocenters. The molecule has 0 saturated carbocycles. The third-order valence-corrected chi connectivity index (χ3v) is 6.71. The number of allylic oxidation sites excluding steroid dienone is 4. The Morgan fingerprint density at radius 2 is 1.73 bits per heavy atom. The molecule has 1 amide bonds. The van der Waals surface area contributed by atoms with Crippen molar-refractivity contribution in [2.45, 2.75) is 65.0 Å². The Kier molecular flexibility index (Phi) is 14.2. The number of ketones is 2. The Hall–Kier alpha value is -3.74. The molecule has 0 bridgehead atoms. The van der Waals surface area contributed by atoms with Crippen LogP contribution in [0, 0.1) is 11.8 Å². The number of aliphatic hydroxyl groups is 1. The van der Waals surface area contributed by atoms with Crippen LogP contribution in [0.25, 0.3) is 0 Å². The first kappa shape index (κ1) is 35.3. The number of nitrogens with two attached hydrogens (primary N) is 2. The third-order valence-electron chi connectivity index (χ3n) is 6.71. The SMILES string of the molecule is COC1=C(C[C@@H](C)C[C@H](OC)[C@H](O)[C@H](C)/C=C(\C)[C@H](OC(N)=O)[C@H](/C=C\C=C(/C)C(=O)O)OC)C(=O)C(N)=CC1=O. The Bertz CT molecular complexity index is 1130. The number of carbonyl (C=O) groups is 4. The molecule has 0 unspecified atom stereocenters. The van der Waals surface area contributed by atoms with Crippen LogP contribution in [0.2, 0.25) is 0 Å². The molecule has 0 radical (unpaired) electrons. The fourth-order valence-corrected chi connectivity index (χ4v) is 4.49. The van der Waals surface area contributed by atoms with E-state index in [0.717, 1.165) is 6.08 Å². The largest absolute Gasteiger partial charge is 0.492 e. The fourth-order valence-electron chi connectivity index (χ4n) is 4.49. The Morgan fingerprint density at radius 3 is 2.24 bits per heavy atom. The van der Waals surface area contributed by atoms with E-state index < -0.39 is 54.0 Å². The molecule has 228 valence electrons. The minimum absolute atomic E-state index is 0.0478. The van der Waals surface area contributed by atoms with Crippen LogP contribution in [0.15, 0.2) is 58.6 Å². The average molecular weight is 579 g/mol. The van der Waals surface area contributed by atoms with Gasteiger partial charge in [-0.05, 0) is 38.2 Å². The number of aliphatic carboxylic acids is 1. The number of Topliss-reactive ketones (excluding diaryl/α,β-unsaturated/α-hetero) is 1. The zero-order valence-corrected chi connectivity index (χ0v) is 24.6. The van der Waals surface area contributed by atoms with Gasteiger partial charge in [0, 0.05) is 37.4 Å². The van der Waals surface area contributed by atoms with Crippen LogP contribution in [0.4, 0.5) is 4.79 Å². The number of methoxy groups -OCH3 is 3. The maximum atomic E-state index is 12.6. The summed E-state index contributed by atoms with van der Waals surface area (Å²) in [5, 5.41) is 20.2. The third kappa shape index (κ3) is 10.3. The summed E-state index contributed by atoms with van der Waals surface area (Å²) < 4.78 is 21.5. The van der Waals surface area contributed by atoms with Gasteiger partial charge in [0.15, 0.2) is 11.9 Å². The van der Waals surface area contributed by atoms with Crippen LogP contribution in [-0.2, 0) is 33.3 Å². The molecule has 0 spiro atoms. The summed E-state index contributed by atoms with van der Waals surface area (Å²) >= 11 is 0. The first-order chi connectivity index (χ1) is 19.2. The molecule has 0 aromatic rings. The Balaban J connectivity index is 3.11. The first-order valence-electron chi connectivity index (χ1n) is 13.0. The molecular formula is C29H42N2O10. The average Bonchev–Trinajstić information content (AvgIpc) is 2.90. The second-order valence-electron chi connectivity index (χ2n) is 9.98. The van der Waals surface area contributed by atoms with Crippen molar-refractivity contribution < 1.29 is 48.3 Å². The number of ether oxygens (including phenoxy) is 4. The summed E-state index contributed by atoms with van der Waals surface area (Å²) in [4.78, 5) is 47.5. The Morgan fingerprint density at radius 1 is 1.10 bits per heavy atom. The van der Waals surface area contributed by atoms with E-state index in [-0.39, 0.29) is 34.9 Å². The highest BCUT2D eigenvalue weighted by molar-refractivity contribution is 6.21. The van der Waals surface area contributed by atoms with E-state index in [1.807, 2.05) is 6.92 Å². The highest BCUT2D eigenvalue weighted by Gasteiger charge is 2.32. The smallest absolute Gasteiger partial charge is 0.405 e. The van der Waals surface area contributed by atoms with E-state index in [1.54, 1.807) is 19.9 Å². The first-order valence-corrected chi connectivity index (χ1v) is 13.0. The second kappa shape index (κ2) is 16.5. The van der Waals surface area contributed by atoms with Gasteiger partial charge in [-0.2, -0.15) is 0 Å². The zero-order valence-electron chi connectivity index (χ0n) is 24.6. The van der Waals surface area contributed by atoms with Crippen molar-refractivity contribution in [2.75, 3.05) is 21.3 Å². The van der Waals surface area contributed by atoms with E-state index >= 15 is 0 Å². The second-order valence-corrected chi connectivity index (χ2v) is 9.98. The van der Waals surface area contributed by atoms with Gasteiger partial charge in [-0.15, -0.1) is 0 Å². The van der Waals surface area contributed by atoms with E-state index in [4.69, 9.17) is 35.5 Å². The van der Waals surface area contributed by atoms with Gasteiger partial charge >= 0.3 is 12.1 Å². The topological polar surface area (TPSA) is 198 Å². The number of primary amides is 1. The number of hydrogen-bond acceptors (Lipinski definition) is 10. The predicted molar refractivity (Wildman–Crippen MR) is 150 cm³/mol. The molecule has 6 N–H and O–H groups in total. The lowest BCUT2D eigenvalue weighted by atomic mass is 9.85. The molecule has 1 rings (SSSR count). The molecule has 0 fully saturated rings. The normalized spacial score (nSPS) is 19.4. The number of amides is 1. The quantitative estimate of drug-likeness (QED) is 0.0907. The van der Waals surface area contributed by atoms with E-state index in [2.05, 4.69) is 0 Å². The van der Waals surface area contributed by atoms with Gasteiger partial charge < -0.3 is 40.6 Å². The van der Waals surface area contributed by atoms with Gasteiger partial charge in [0.05, 0.1) is 25.0 Å². The molecule has 0 aromatic carbocycles. The number of hydrogen-bond donors (Lipinski definition) is 4. The fraction of sp³-hybridized carbons (Fsp3) is 0.517. The lowest BCUT2D eigenvalue weighted by molar-refractivity contribution is -0.132. The monoisotopic (exact) mass is 578 g/mol. The molecule has 1 aliphatic carbocycles. The zero-order chi connectivity index (χ0) is 31.4. The van der Waals surface area contributed by atoms with Crippen LogP contribution in [0.1, 0.15) is 40.5 Å². The molecule has 0 saturated heterocycles. The van der Waals surface area contributed by atoms with Gasteiger partial charge in [0.25, 0.3) is 0 Å². The maximum Gasteiger partial charge on any atom is 0.405 e. The number of carbonyl (C=O) groups excluding carboxylic acids is 3. The van der Waals surface area contributed by atoms with E-state index in [1.165, 1.54) is 46.5 Å². The molecule has 0 aromatic heterocycles. The van der Waals surface area contributed by atoms with Gasteiger partial charge in [0.2, 0.25) is 11.6 Å². The van der Waals surface area contributed by atoms with Gasteiger partial charge in [-0.1, -0.05) is 38.2 Å². The highest BCUT2D eigenvalue weighted by Crippen LogP contribution is 2.28. The summed E-state index contributed by atoms with van der Waals surface area (Å²) in [5.74, 6) is -2.77. The molecule has 12 nitrogen and oxygen atoms in total. The maximum absolute atomic E-state index is 12.6. The lowest BCUT2D eigenvalue weighted by Crippen LogP contribution is -2.37. The van der Waals surface area contributed by atoms with Crippen molar-refractivity contribution in [1.29, 1.82) is 0 Å². The van der Waals surface area contributed by atoms with Gasteiger partial charge in [0.1, 0.15) is 6.10 Å². The number of carboxylic acids is 1. The van der Waals surface area contributed by atoms with Crippen molar-refractivity contribution >= 4 is 23.6 Å². The number of aliphatic hydroxyl groups excluding tert-OH is 1. The highest BCUT2D eigenvalue weighted by atomic mass is 16.6. The molecule has 1 aliphatic rings. The molecule has 12 heteroatoms. The molecule has 0 aliphatic heterocycles. The minimum Gasteiger partial charge on any atom is -0.492 e. The minimum atomic E-state index is -1.08. The van der Waals surface area contributed by atoms with Crippen molar-refractivity contribution in [3.05, 3.63) is 58.6 Å². The summed E-state index contributed by atoms with van der Waals surface area (Å²) in [6.07, 6.45) is 3.17. The predicted octanol–water partition coefficient (Wildman–Crippen LogP) is 2.32. The molecular weight excluding hydrogens is 536 g/mol. The van der Waals surface area contributed by atoms with Crippen LogP contribution in [0.3, 0.4) is 0 Å². The van der Waals surface area contributed by atoms with Crippen LogP contribution in [-0.4, -0.2) is 79.6 Å². The lowest BCUT2D eigenvalue weighted by Gasteiger charge is -2.29. The molecule has 0 heterocycles. The summed E-state index contributed by atoms with van der Waals surface area (Å²) in [5.41, 5.74) is 11.6. The van der Waals surface area contributed by atoms with Crippen LogP contribution < -0.4 is 11.5 Å². The van der Waals surface area contributed by atoms with Crippen molar-refractivity contribution in [1.82, 2.24) is 0 Å². The van der Waals surface area contributed by atoms with E-state index in [0.29, 0.717) is 12.0 Å². The van der Waals surface area contributed by atoms with Crippen LogP contribution >= 0.6 is 0 Å². The number of rotatable bonds is 16. The van der Waals surface area contributed by atoms with Crippen molar-refractivity contribution in [2.24, 2.45) is 23.3 Å². The number of carboxylic acid groups (broad SMARTS) is 1. The summed E-state index contributed by atoms with van der Waals surface area (Å²) in [6.45, 7) is 6.72. The summed E-state index contributed by atoms with van der Waals surface area (Å²) in [6, 6.07) is 0. The van der Waals surface area contributed by atoms with Gasteiger partial charge in [-0.25, -0.2) is 9.59 Å². The van der Waals surface area contributed by atoms with Crippen molar-refractivity contribution in [3.63, 3.8) is 0 Å². The Labute approximate surface area is 240 Å². The summed E-state index contributed by atoms with van der Waals surface area (Å²) in [7, 11) is 4.16. The van der Waals surface area contributed by atoms with Crippen molar-refractivity contribution in [3.8, 4) is 0 Å². The van der Waals surface area contributed by atoms with E-state index in [9.17, 15) is 24.3 Å².